The van der Waals surface area contributed by atoms with Gasteiger partial charge in [-0.2, -0.15) is 0 Å². The molecule has 0 atom stereocenters. The van der Waals surface area contributed by atoms with E-state index in [4.69, 9.17) is 0 Å². The summed E-state index contributed by atoms with van der Waals surface area (Å²) in [6.07, 6.45) is 0. The van der Waals surface area contributed by atoms with Gasteiger partial charge in [0.1, 0.15) is 0 Å². The third kappa shape index (κ3) is 18.8. The van der Waals surface area contributed by atoms with Crippen molar-refractivity contribution in [2.75, 3.05) is 0 Å². The van der Waals surface area contributed by atoms with Crippen molar-refractivity contribution in [1.82, 2.24) is 0 Å². The summed E-state index contributed by atoms with van der Waals surface area (Å²) in [6, 6.07) is 0. The third-order valence-electron chi connectivity index (χ3n) is 0. The van der Waals surface area contributed by atoms with E-state index in [2.05, 4.69) is 0 Å². The zero-order valence-corrected chi connectivity index (χ0v) is 12.0. The zero-order valence-electron chi connectivity index (χ0n) is 4.12. The zero-order chi connectivity index (χ0) is 0. The van der Waals surface area contributed by atoms with Gasteiger partial charge < -0.3 is 2.85 Å². The van der Waals surface area contributed by atoms with E-state index in [1.807, 2.05) is 0 Å². The standard InChI is InChI=1S/2Al.Bi.Mg.Zn.11H/q;;;+2;;;;;;;;;;;2*-1. The summed E-state index contributed by atoms with van der Waals surface area (Å²) >= 11 is 0. The minimum Gasteiger partial charge on any atom is -1.00 e. The molecule has 0 aliphatic heterocycles. The SMILES string of the molecule is [AlH3].[AlH3].[BiH3].[H-].[H-].[Mg+2].[Zn]. The van der Waals surface area contributed by atoms with Gasteiger partial charge in [-0.3, -0.25) is 0 Å². The van der Waals surface area contributed by atoms with Gasteiger partial charge in [0.2, 0.25) is 0 Å². The van der Waals surface area contributed by atoms with Crippen LogP contribution in [0.25, 0.3) is 0 Å². The van der Waals surface area contributed by atoms with Crippen molar-refractivity contribution in [1.29, 1.82) is 0 Å². The molecule has 0 aromatic rings. The van der Waals surface area contributed by atoms with Crippen molar-refractivity contribution >= 4 is 84.0 Å². The van der Waals surface area contributed by atoms with Crippen LogP contribution in [0, 0.1) is 0 Å². The van der Waals surface area contributed by atoms with Crippen LogP contribution >= 0.6 is 0 Å². The van der Waals surface area contributed by atoms with Crippen LogP contribution in [-0.2, 0) is 19.5 Å². The molecule has 0 heterocycles. The summed E-state index contributed by atoms with van der Waals surface area (Å²) in [5.74, 6) is 0. The maximum Gasteiger partial charge on any atom is 2.00 e. The predicted molar refractivity (Wildman–Crippen MR) is 37.8 cm³/mol. The molecule has 0 saturated carbocycles. The van der Waals surface area contributed by atoms with Crippen molar-refractivity contribution in [3.63, 3.8) is 0 Å². The van der Waals surface area contributed by atoms with Crippen molar-refractivity contribution in [3.8, 4) is 0 Å². The van der Waals surface area contributed by atoms with Gasteiger partial charge in [0.25, 0.3) is 0 Å². The monoisotopic (exact) mass is 362 g/mol. The normalized spacial score (nSPS) is 0. The fourth-order valence-electron chi connectivity index (χ4n) is 0. The van der Waals surface area contributed by atoms with Gasteiger partial charge in [0, 0.05) is 19.5 Å². The molecule has 0 fully saturated rings. The van der Waals surface area contributed by atoms with Crippen LogP contribution in [0.5, 0.6) is 0 Å². The predicted octanol–water partition coefficient (Wildman–Crippen LogP) is -3.71. The van der Waals surface area contributed by atoms with E-state index >= 15 is 0 Å². The number of hydrogen-bond donors (Lipinski definition) is 0. The Hall–Kier alpha value is 3.34. The summed E-state index contributed by atoms with van der Waals surface area (Å²) in [6.45, 7) is 0. The summed E-state index contributed by atoms with van der Waals surface area (Å²) < 4.78 is 0. The topological polar surface area (TPSA) is 0 Å². The fourth-order valence-corrected chi connectivity index (χ4v) is 0. The largest absolute Gasteiger partial charge is 2.00 e. The van der Waals surface area contributed by atoms with Crippen molar-refractivity contribution in [3.05, 3.63) is 0 Å². The van der Waals surface area contributed by atoms with Gasteiger partial charge in [-0.25, -0.2) is 0 Å². The Balaban J connectivity index is 0. The summed E-state index contributed by atoms with van der Waals surface area (Å²) in [7, 11) is 0. The minimum atomic E-state index is 0. The third-order valence-corrected chi connectivity index (χ3v) is 0. The summed E-state index contributed by atoms with van der Waals surface area (Å²) in [5.41, 5.74) is 0. The molecule has 0 aromatic heterocycles. The Labute approximate surface area is 104 Å². The Bertz CT molecular complexity index is 15.7. The molecule has 0 amide bonds. The molecule has 0 aromatic carbocycles. The Morgan fingerprint density at radius 3 is 1.00 bits per heavy atom. The maximum absolute atomic E-state index is 0. The van der Waals surface area contributed by atoms with Gasteiger partial charge >= 0.3 is 49.3 Å². The molecule has 0 aliphatic carbocycles. The summed E-state index contributed by atoms with van der Waals surface area (Å²) in [4.78, 5) is 0. The van der Waals surface area contributed by atoms with Crippen molar-refractivity contribution in [2.24, 2.45) is 0 Å². The molecule has 0 aliphatic rings. The van der Waals surface area contributed by atoms with E-state index in [0.717, 1.165) is 0 Å². The molecule has 0 radical (unpaired) electrons. The average molecular weight is 364 g/mol. The van der Waals surface area contributed by atoms with Gasteiger partial charge in [-0.15, -0.1) is 0 Å². The van der Waals surface area contributed by atoms with Crippen molar-refractivity contribution < 1.29 is 22.3 Å². The first-order valence-electron chi connectivity index (χ1n) is 0. The van der Waals surface area contributed by atoms with Gasteiger partial charge in [-0.05, 0) is 0 Å². The van der Waals surface area contributed by atoms with E-state index in [0.29, 0.717) is 0 Å². The fraction of sp³-hybridized carbons (Fsp3) is 0. The Kier molecular flexibility index (Phi) is 213. The molecular formula is H11Al2BiMgZn. The average Bonchev–Trinajstić information content (AvgIpc) is 0. The quantitative estimate of drug-likeness (QED) is 0.389. The maximum atomic E-state index is 0. The number of hydrogen-bond acceptors (Lipinski definition) is 0. The Morgan fingerprint density at radius 1 is 1.00 bits per heavy atom. The molecule has 0 rings (SSSR count). The molecule has 26 valence electrons. The molecular weight excluding hydrogens is 353 g/mol. The van der Waals surface area contributed by atoms with Gasteiger partial charge in [0.05, 0.1) is 0 Å². The van der Waals surface area contributed by atoms with Crippen LogP contribution in [0.1, 0.15) is 2.85 Å². The van der Waals surface area contributed by atoms with Crippen LogP contribution < -0.4 is 0 Å². The van der Waals surface area contributed by atoms with Crippen LogP contribution in [0.2, 0.25) is 0 Å². The molecule has 5 heavy (non-hydrogen) atoms. The van der Waals surface area contributed by atoms with E-state index in [-0.39, 0.29) is 106 Å². The molecule has 0 unspecified atom stereocenters. The summed E-state index contributed by atoms with van der Waals surface area (Å²) in [5, 5.41) is 0. The van der Waals surface area contributed by atoms with Crippen molar-refractivity contribution in [2.45, 2.75) is 0 Å². The van der Waals surface area contributed by atoms with E-state index < -0.39 is 0 Å². The molecule has 0 nitrogen and oxygen atoms in total. The first-order chi connectivity index (χ1) is 0. The molecule has 0 spiro atoms. The first kappa shape index (κ1) is 40.3. The molecule has 5 heteroatoms. The number of rotatable bonds is 0. The molecule has 0 N–H and O–H groups in total. The van der Waals surface area contributed by atoms with Crippen LogP contribution in [0.4, 0.5) is 0 Å². The second kappa shape index (κ2) is 26.5. The van der Waals surface area contributed by atoms with E-state index in [1.54, 1.807) is 0 Å². The molecule has 0 saturated heterocycles. The van der Waals surface area contributed by atoms with E-state index in [9.17, 15) is 0 Å². The Morgan fingerprint density at radius 2 is 1.00 bits per heavy atom. The van der Waals surface area contributed by atoms with Crippen LogP contribution in [-0.4, -0.2) is 84.0 Å². The molecule has 0 bridgehead atoms. The van der Waals surface area contributed by atoms with Crippen LogP contribution in [0.3, 0.4) is 0 Å². The van der Waals surface area contributed by atoms with E-state index in [1.165, 1.54) is 0 Å². The van der Waals surface area contributed by atoms with Gasteiger partial charge in [0.15, 0.2) is 34.7 Å². The van der Waals surface area contributed by atoms with Gasteiger partial charge in [-0.1, -0.05) is 0 Å². The minimum absolute atomic E-state index is 0. The first-order valence-corrected chi connectivity index (χ1v) is 0. The second-order valence-corrected chi connectivity index (χ2v) is 0. The smallest absolute Gasteiger partial charge is 1.00 e. The van der Waals surface area contributed by atoms with Crippen LogP contribution in [0.15, 0.2) is 0 Å². The second-order valence-electron chi connectivity index (χ2n) is 0.